The van der Waals surface area contributed by atoms with Crippen LogP contribution in [0.1, 0.15) is 11.3 Å². The van der Waals surface area contributed by atoms with Crippen molar-refractivity contribution in [2.45, 2.75) is 4.90 Å². The number of hydrogen-bond donors (Lipinski definition) is 1. The van der Waals surface area contributed by atoms with Crippen LogP contribution in [0.15, 0.2) is 35.4 Å². The van der Waals surface area contributed by atoms with Crippen LogP contribution in [0.25, 0.3) is 12.2 Å². The third kappa shape index (κ3) is 5.20. The zero-order valence-corrected chi connectivity index (χ0v) is 10.9. The average Bonchev–Trinajstić information content (AvgIpc) is 2.91. The molecule has 1 atom stereocenters. The van der Waals surface area contributed by atoms with Crippen molar-refractivity contribution in [3.63, 3.8) is 0 Å². The third-order valence-corrected chi connectivity index (χ3v) is 3.03. The number of H-pyrrole nitrogens is 1. The highest BCUT2D eigenvalue weighted by atomic mass is 32.2. The molecule has 19 heavy (non-hydrogen) atoms. The molecule has 2 aromatic rings. The van der Waals surface area contributed by atoms with Gasteiger partial charge >= 0.3 is 6.15 Å². The van der Waals surface area contributed by atoms with Gasteiger partial charge in [-0.25, -0.2) is 0 Å². The SMILES string of the molecule is CS(=O)c1ccc(C=Cc2cn[nH]n2)cc1.O=C=O. The molecule has 1 heterocycles. The van der Waals surface area contributed by atoms with Crippen LogP contribution in [-0.4, -0.2) is 32.0 Å². The van der Waals surface area contributed by atoms with Gasteiger partial charge in [-0.2, -0.15) is 25.0 Å². The minimum absolute atomic E-state index is 0.250. The van der Waals surface area contributed by atoms with Crippen LogP contribution >= 0.6 is 0 Å². The van der Waals surface area contributed by atoms with Gasteiger partial charge in [-0.15, -0.1) is 0 Å². The number of aromatic nitrogens is 3. The average molecular weight is 277 g/mol. The Labute approximate surface area is 112 Å². The molecule has 0 radical (unpaired) electrons. The number of carbonyl (C=O) groups excluding carboxylic acids is 2. The Morgan fingerprint density at radius 2 is 1.84 bits per heavy atom. The molecular formula is C12H11N3O3S. The summed E-state index contributed by atoms with van der Waals surface area (Å²) < 4.78 is 11.2. The first-order valence-corrected chi connectivity index (χ1v) is 6.70. The molecule has 0 aliphatic carbocycles. The minimum Gasteiger partial charge on any atom is -0.255 e. The number of hydrogen-bond acceptors (Lipinski definition) is 5. The molecule has 0 fully saturated rings. The number of rotatable bonds is 3. The molecule has 0 amide bonds. The number of benzene rings is 1. The minimum atomic E-state index is -0.922. The molecule has 0 saturated heterocycles. The summed E-state index contributed by atoms with van der Waals surface area (Å²) in [4.78, 5) is 17.1. The predicted molar refractivity (Wildman–Crippen MR) is 69.1 cm³/mol. The zero-order chi connectivity index (χ0) is 14.1. The molecule has 0 aliphatic heterocycles. The fourth-order valence-electron chi connectivity index (χ4n) is 1.24. The molecule has 2 rings (SSSR count). The topological polar surface area (TPSA) is 92.8 Å². The van der Waals surface area contributed by atoms with Crippen molar-refractivity contribution in [1.82, 2.24) is 15.4 Å². The zero-order valence-electron chi connectivity index (χ0n) is 10.1. The summed E-state index contributed by atoms with van der Waals surface area (Å²) in [7, 11) is -0.922. The maximum absolute atomic E-state index is 11.2. The lowest BCUT2D eigenvalue weighted by Crippen LogP contribution is -1.86. The van der Waals surface area contributed by atoms with Gasteiger partial charge in [-0.05, 0) is 23.8 Å². The van der Waals surface area contributed by atoms with Gasteiger partial charge in [0, 0.05) is 22.0 Å². The van der Waals surface area contributed by atoms with E-state index in [1.54, 1.807) is 12.5 Å². The molecule has 1 N–H and O–H groups in total. The van der Waals surface area contributed by atoms with E-state index in [9.17, 15) is 4.21 Å². The second-order valence-electron chi connectivity index (χ2n) is 3.33. The first-order chi connectivity index (χ1) is 9.17. The standard InChI is InChI=1S/C11H11N3OS.CO2/c1-16(15)11-6-3-9(4-7-11)2-5-10-8-12-14-13-10;2-1-3/h2-8H,1H3,(H,12,13,14);. The molecule has 0 saturated carbocycles. The van der Waals surface area contributed by atoms with Crippen molar-refractivity contribution in [2.24, 2.45) is 0 Å². The Bertz CT molecular complexity index is 585. The number of nitrogens with zero attached hydrogens (tertiary/aromatic N) is 2. The second-order valence-corrected chi connectivity index (χ2v) is 4.71. The van der Waals surface area contributed by atoms with Crippen LogP contribution in [0.5, 0.6) is 0 Å². The van der Waals surface area contributed by atoms with Crippen LogP contribution in [0.3, 0.4) is 0 Å². The highest BCUT2D eigenvalue weighted by Gasteiger charge is 1.95. The third-order valence-electron chi connectivity index (χ3n) is 2.09. The van der Waals surface area contributed by atoms with Crippen LogP contribution in [0.4, 0.5) is 0 Å². The fraction of sp³-hybridized carbons (Fsp3) is 0.0833. The first-order valence-electron chi connectivity index (χ1n) is 5.14. The largest absolute Gasteiger partial charge is 0.373 e. The Morgan fingerprint density at radius 1 is 1.21 bits per heavy atom. The van der Waals surface area contributed by atoms with E-state index < -0.39 is 10.8 Å². The van der Waals surface area contributed by atoms with Gasteiger partial charge in [0.05, 0.1) is 6.20 Å². The first kappa shape index (κ1) is 14.7. The van der Waals surface area contributed by atoms with Gasteiger partial charge in [0.25, 0.3) is 0 Å². The van der Waals surface area contributed by atoms with Crippen molar-refractivity contribution in [3.05, 3.63) is 41.7 Å². The molecule has 0 aliphatic rings. The molecule has 0 spiro atoms. The van der Waals surface area contributed by atoms with E-state index in [-0.39, 0.29) is 6.15 Å². The van der Waals surface area contributed by atoms with E-state index in [1.807, 2.05) is 36.4 Å². The lowest BCUT2D eigenvalue weighted by Gasteiger charge is -1.96. The highest BCUT2D eigenvalue weighted by Crippen LogP contribution is 2.10. The van der Waals surface area contributed by atoms with E-state index >= 15 is 0 Å². The smallest absolute Gasteiger partial charge is 0.255 e. The van der Waals surface area contributed by atoms with Crippen molar-refractivity contribution in [3.8, 4) is 0 Å². The monoisotopic (exact) mass is 277 g/mol. The Kier molecular flexibility index (Phi) is 6.08. The van der Waals surface area contributed by atoms with Gasteiger partial charge in [-0.1, -0.05) is 18.2 Å². The Balaban J connectivity index is 0.000000550. The summed E-state index contributed by atoms with van der Waals surface area (Å²) in [5.41, 5.74) is 1.82. The molecule has 1 aromatic carbocycles. The highest BCUT2D eigenvalue weighted by molar-refractivity contribution is 7.84. The van der Waals surface area contributed by atoms with Crippen LogP contribution in [0.2, 0.25) is 0 Å². The number of aromatic amines is 1. The summed E-state index contributed by atoms with van der Waals surface area (Å²) in [5.74, 6) is 0. The van der Waals surface area contributed by atoms with Gasteiger partial charge in [0.1, 0.15) is 5.69 Å². The normalized spacial score (nSPS) is 11.4. The van der Waals surface area contributed by atoms with E-state index in [0.29, 0.717) is 0 Å². The van der Waals surface area contributed by atoms with E-state index in [1.165, 1.54) is 0 Å². The maximum atomic E-state index is 11.2. The van der Waals surface area contributed by atoms with Crippen LogP contribution in [0, 0.1) is 0 Å². The molecule has 1 aromatic heterocycles. The lowest BCUT2D eigenvalue weighted by molar-refractivity contribution is -0.191. The molecule has 1 unspecified atom stereocenters. The van der Waals surface area contributed by atoms with Gasteiger partial charge in [0.2, 0.25) is 0 Å². The molecule has 98 valence electrons. The Morgan fingerprint density at radius 3 is 2.32 bits per heavy atom. The summed E-state index contributed by atoms with van der Waals surface area (Å²) in [6.45, 7) is 0. The fourth-order valence-corrected chi connectivity index (χ4v) is 1.76. The van der Waals surface area contributed by atoms with E-state index in [4.69, 9.17) is 9.59 Å². The van der Waals surface area contributed by atoms with Crippen molar-refractivity contribution in [1.29, 1.82) is 0 Å². The van der Waals surface area contributed by atoms with Crippen molar-refractivity contribution < 1.29 is 13.8 Å². The Hall–Kier alpha value is -2.37. The maximum Gasteiger partial charge on any atom is 0.373 e. The summed E-state index contributed by atoms with van der Waals surface area (Å²) >= 11 is 0. The molecular weight excluding hydrogens is 266 g/mol. The van der Waals surface area contributed by atoms with Crippen LogP contribution < -0.4 is 0 Å². The van der Waals surface area contributed by atoms with E-state index in [2.05, 4.69) is 15.4 Å². The summed E-state index contributed by atoms with van der Waals surface area (Å²) in [6.07, 6.45) is 7.35. The van der Waals surface area contributed by atoms with Crippen LogP contribution in [-0.2, 0) is 20.4 Å². The van der Waals surface area contributed by atoms with Gasteiger partial charge < -0.3 is 0 Å². The van der Waals surface area contributed by atoms with Crippen molar-refractivity contribution in [2.75, 3.05) is 6.26 Å². The summed E-state index contributed by atoms with van der Waals surface area (Å²) in [5, 5.41) is 10.1. The van der Waals surface area contributed by atoms with Gasteiger partial charge in [0.15, 0.2) is 0 Å². The van der Waals surface area contributed by atoms with Crippen molar-refractivity contribution >= 4 is 29.1 Å². The number of nitrogens with one attached hydrogen (secondary N) is 1. The van der Waals surface area contributed by atoms with E-state index in [0.717, 1.165) is 16.2 Å². The molecule has 0 bridgehead atoms. The lowest BCUT2D eigenvalue weighted by atomic mass is 10.2. The molecule has 6 nitrogen and oxygen atoms in total. The van der Waals surface area contributed by atoms with Gasteiger partial charge in [-0.3, -0.25) is 4.21 Å². The molecule has 7 heteroatoms. The second kappa shape index (κ2) is 7.86. The predicted octanol–water partition coefficient (Wildman–Crippen LogP) is 1.13. The summed E-state index contributed by atoms with van der Waals surface area (Å²) in [6, 6.07) is 7.57. The quantitative estimate of drug-likeness (QED) is 0.907.